The molecule has 0 atom stereocenters. The lowest BCUT2D eigenvalue weighted by molar-refractivity contribution is 0.773. The topological polar surface area (TPSA) is 46.8 Å². The Labute approximate surface area is 168 Å². The summed E-state index contributed by atoms with van der Waals surface area (Å²) in [6.07, 6.45) is 2.76. The number of hydrogen-bond donors (Lipinski definition) is 0. The van der Waals surface area contributed by atoms with Gasteiger partial charge < -0.3 is 4.90 Å². The molecule has 5 heteroatoms. The minimum atomic E-state index is 0.811. The third-order valence-electron chi connectivity index (χ3n) is 5.30. The predicted octanol–water partition coefficient (Wildman–Crippen LogP) is 5.10. The fourth-order valence-corrected chi connectivity index (χ4v) is 4.09. The van der Waals surface area contributed by atoms with Crippen LogP contribution in [0.1, 0.15) is 62.3 Å². The Hall–Kier alpha value is -2.43. The zero-order chi connectivity index (χ0) is 20.4. The van der Waals surface area contributed by atoms with Crippen LogP contribution in [0.15, 0.2) is 12.1 Å². The van der Waals surface area contributed by atoms with Crippen LogP contribution in [-0.4, -0.2) is 32.8 Å². The molecule has 0 saturated carbocycles. The molecule has 150 valence electrons. The average Bonchev–Trinajstić information content (AvgIpc) is 3.03. The third-order valence-corrected chi connectivity index (χ3v) is 5.30. The number of hydrogen-bond acceptors (Lipinski definition) is 4. The maximum Gasteiger partial charge on any atom is 0.169 e. The van der Waals surface area contributed by atoms with Gasteiger partial charge in [-0.05, 0) is 51.7 Å². The highest BCUT2D eigenvalue weighted by Crippen LogP contribution is 2.32. The fourth-order valence-electron chi connectivity index (χ4n) is 4.09. The van der Waals surface area contributed by atoms with Crippen LogP contribution in [0.5, 0.6) is 0 Å². The van der Waals surface area contributed by atoms with Crippen LogP contribution in [-0.2, 0) is 12.8 Å². The second-order valence-corrected chi connectivity index (χ2v) is 7.55. The Balaban J connectivity index is 2.39. The summed E-state index contributed by atoms with van der Waals surface area (Å²) in [5.41, 5.74) is 6.87. The van der Waals surface area contributed by atoms with E-state index >= 15 is 0 Å². The van der Waals surface area contributed by atoms with Crippen molar-refractivity contribution in [3.63, 3.8) is 0 Å². The van der Waals surface area contributed by atoms with Gasteiger partial charge in [0.15, 0.2) is 5.65 Å². The van der Waals surface area contributed by atoms with Gasteiger partial charge in [0.05, 0.1) is 16.8 Å². The van der Waals surface area contributed by atoms with Crippen LogP contribution in [0.25, 0.3) is 16.7 Å². The maximum absolute atomic E-state index is 5.03. The number of anilines is 1. The van der Waals surface area contributed by atoms with Gasteiger partial charge in [-0.1, -0.05) is 38.5 Å². The summed E-state index contributed by atoms with van der Waals surface area (Å²) >= 11 is 0. The fraction of sp³-hybridized carbons (Fsp3) is 0.522. The molecule has 2 aromatic heterocycles. The molecule has 3 aromatic rings. The number of aromatic nitrogens is 4. The zero-order valence-electron chi connectivity index (χ0n) is 18.4. The minimum Gasteiger partial charge on any atom is -0.356 e. The molecule has 0 N–H and O–H groups in total. The Kier molecular flexibility index (Phi) is 6.01. The Morgan fingerprint density at radius 2 is 1.61 bits per heavy atom. The van der Waals surface area contributed by atoms with E-state index in [9.17, 15) is 0 Å². The van der Waals surface area contributed by atoms with Crippen LogP contribution in [0, 0.1) is 20.8 Å². The van der Waals surface area contributed by atoms with Crippen molar-refractivity contribution in [2.75, 3.05) is 18.0 Å². The first kappa shape index (κ1) is 20.3. The van der Waals surface area contributed by atoms with Crippen molar-refractivity contribution in [3.05, 3.63) is 40.3 Å². The molecule has 0 aliphatic heterocycles. The Bertz CT molecular complexity index is 963. The lowest BCUT2D eigenvalue weighted by Gasteiger charge is -2.22. The highest BCUT2D eigenvalue weighted by atomic mass is 15.3. The molecule has 3 rings (SSSR count). The molecule has 0 spiro atoms. The lowest BCUT2D eigenvalue weighted by atomic mass is 10.1. The lowest BCUT2D eigenvalue weighted by Crippen LogP contribution is -2.25. The van der Waals surface area contributed by atoms with Crippen molar-refractivity contribution in [1.29, 1.82) is 0 Å². The van der Waals surface area contributed by atoms with Gasteiger partial charge in [0.2, 0.25) is 0 Å². The van der Waals surface area contributed by atoms with E-state index in [1.807, 2.05) is 0 Å². The van der Waals surface area contributed by atoms with Gasteiger partial charge in [-0.3, -0.25) is 0 Å². The van der Waals surface area contributed by atoms with E-state index in [1.54, 1.807) is 0 Å². The molecule has 1 aromatic carbocycles. The van der Waals surface area contributed by atoms with Crippen LogP contribution in [0.4, 0.5) is 5.82 Å². The van der Waals surface area contributed by atoms with E-state index in [4.69, 9.17) is 15.1 Å². The van der Waals surface area contributed by atoms with Gasteiger partial charge in [0.25, 0.3) is 0 Å². The SMILES string of the molecule is CCCN(CC)c1nc(CC)nc2c1c(CC)nn2-c1c(C)cc(C)cc1C. The number of rotatable bonds is 7. The first-order valence-electron chi connectivity index (χ1n) is 10.6. The smallest absolute Gasteiger partial charge is 0.169 e. The van der Waals surface area contributed by atoms with Gasteiger partial charge in [0.1, 0.15) is 11.6 Å². The van der Waals surface area contributed by atoms with Gasteiger partial charge in [-0.2, -0.15) is 5.10 Å². The third kappa shape index (κ3) is 3.50. The van der Waals surface area contributed by atoms with E-state index in [-0.39, 0.29) is 0 Å². The zero-order valence-corrected chi connectivity index (χ0v) is 18.4. The van der Waals surface area contributed by atoms with Gasteiger partial charge in [-0.25, -0.2) is 14.6 Å². The number of nitrogens with zero attached hydrogens (tertiary/aromatic N) is 5. The van der Waals surface area contributed by atoms with E-state index in [0.717, 1.165) is 66.4 Å². The molecule has 0 aliphatic rings. The van der Waals surface area contributed by atoms with Crippen LogP contribution in [0.3, 0.4) is 0 Å². The molecule has 0 saturated heterocycles. The molecule has 5 nitrogen and oxygen atoms in total. The van der Waals surface area contributed by atoms with E-state index in [1.165, 1.54) is 16.7 Å². The summed E-state index contributed by atoms with van der Waals surface area (Å²) in [4.78, 5) is 12.3. The number of fused-ring (bicyclic) bond motifs is 1. The summed E-state index contributed by atoms with van der Waals surface area (Å²) in [5.74, 6) is 1.92. The first-order valence-corrected chi connectivity index (χ1v) is 10.6. The Morgan fingerprint density at radius 1 is 0.929 bits per heavy atom. The van der Waals surface area contributed by atoms with Crippen LogP contribution >= 0.6 is 0 Å². The summed E-state index contributed by atoms with van der Waals surface area (Å²) < 4.78 is 2.06. The van der Waals surface area contributed by atoms with E-state index in [2.05, 4.69) is 70.2 Å². The van der Waals surface area contributed by atoms with Gasteiger partial charge in [0, 0.05) is 19.5 Å². The van der Waals surface area contributed by atoms with Crippen molar-refractivity contribution in [2.24, 2.45) is 0 Å². The summed E-state index contributed by atoms with van der Waals surface area (Å²) in [6, 6.07) is 4.44. The summed E-state index contributed by atoms with van der Waals surface area (Å²) in [7, 11) is 0. The first-order chi connectivity index (χ1) is 13.4. The predicted molar refractivity (Wildman–Crippen MR) is 118 cm³/mol. The highest BCUT2D eigenvalue weighted by molar-refractivity contribution is 5.91. The van der Waals surface area contributed by atoms with Crippen molar-refractivity contribution in [1.82, 2.24) is 19.7 Å². The van der Waals surface area contributed by atoms with Crippen molar-refractivity contribution >= 4 is 16.9 Å². The average molecular weight is 380 g/mol. The number of aryl methyl sites for hydroxylation is 5. The molecule has 0 radical (unpaired) electrons. The summed E-state index contributed by atoms with van der Waals surface area (Å²) in [5, 5.41) is 6.14. The van der Waals surface area contributed by atoms with E-state index in [0.29, 0.717) is 0 Å². The van der Waals surface area contributed by atoms with Gasteiger partial charge >= 0.3 is 0 Å². The number of benzene rings is 1. The van der Waals surface area contributed by atoms with Crippen molar-refractivity contribution in [3.8, 4) is 5.69 Å². The molecule has 0 amide bonds. The summed E-state index contributed by atoms with van der Waals surface area (Å²) in [6.45, 7) is 17.1. The van der Waals surface area contributed by atoms with Crippen LogP contribution in [0.2, 0.25) is 0 Å². The molecule has 0 fully saturated rings. The molecular weight excluding hydrogens is 346 g/mol. The molecule has 2 heterocycles. The second kappa shape index (κ2) is 8.29. The van der Waals surface area contributed by atoms with Crippen molar-refractivity contribution in [2.45, 2.75) is 67.7 Å². The van der Waals surface area contributed by atoms with Crippen LogP contribution < -0.4 is 4.90 Å². The Morgan fingerprint density at radius 3 is 2.14 bits per heavy atom. The monoisotopic (exact) mass is 379 g/mol. The quantitative estimate of drug-likeness (QED) is 0.573. The second-order valence-electron chi connectivity index (χ2n) is 7.55. The minimum absolute atomic E-state index is 0.811. The molecule has 28 heavy (non-hydrogen) atoms. The van der Waals surface area contributed by atoms with Crippen molar-refractivity contribution < 1.29 is 0 Å². The van der Waals surface area contributed by atoms with E-state index < -0.39 is 0 Å². The molecule has 0 bridgehead atoms. The molecule has 0 unspecified atom stereocenters. The maximum atomic E-state index is 5.03. The molecular formula is C23H33N5. The normalized spacial score (nSPS) is 11.4. The molecule has 0 aliphatic carbocycles. The standard InChI is InChI=1S/C23H33N5/c1-8-12-27(11-4)22-20-18(9-2)26-28(23(20)25-19(10-3)24-22)21-16(6)13-15(5)14-17(21)7/h13-14H,8-12H2,1-7H3. The largest absolute Gasteiger partial charge is 0.356 e. The van der Waals surface area contributed by atoms with Gasteiger partial charge in [-0.15, -0.1) is 0 Å². The highest BCUT2D eigenvalue weighted by Gasteiger charge is 2.22.